The van der Waals surface area contributed by atoms with Crippen LogP contribution in [0.5, 0.6) is 0 Å². The van der Waals surface area contributed by atoms with Gasteiger partial charge < -0.3 is 9.47 Å². The van der Waals surface area contributed by atoms with E-state index in [1.807, 2.05) is 0 Å². The number of ether oxygens (including phenoxy) is 2. The Morgan fingerprint density at radius 1 is 0.775 bits per heavy atom. The molecule has 0 aromatic rings. The summed E-state index contributed by atoms with van der Waals surface area (Å²) >= 11 is 0. The molecule has 0 radical (unpaired) electrons. The minimum Gasteiger partial charge on any atom is -0.465 e. The molecule has 0 bridgehead atoms. The van der Waals surface area contributed by atoms with Gasteiger partial charge in [-0.15, -0.1) is 0 Å². The third-order valence-electron chi connectivity index (χ3n) is 14.4. The van der Waals surface area contributed by atoms with Gasteiger partial charge in [-0.2, -0.15) is 0 Å². The highest BCUT2D eigenvalue weighted by Crippen LogP contribution is 2.77. The first-order valence-corrected chi connectivity index (χ1v) is 16.3. The molecular weight excluding hydrogens is 498 g/mol. The Bertz CT molecular complexity index is 1040. The average molecular weight is 556 g/mol. The number of carbonyl (C=O) groups is 2. The minimum absolute atomic E-state index is 0.122. The molecule has 0 aromatic carbocycles. The first kappa shape index (κ1) is 30.1. The SMILES string of the molecule is C=C(C)[C@@H]1CC[C@]2(COC(C)=O)CC[C@]3(C)[C@H](CC[C@@H]4[C@@]5(C)CC[C@H](NCOC(C)=O)C(C)(C)[C@@H]5CC[C@]43C)[C@@H]12. The van der Waals surface area contributed by atoms with E-state index in [2.05, 4.69) is 53.4 Å². The van der Waals surface area contributed by atoms with E-state index in [1.54, 1.807) is 6.92 Å². The van der Waals surface area contributed by atoms with Crippen molar-refractivity contribution in [2.75, 3.05) is 13.3 Å². The summed E-state index contributed by atoms with van der Waals surface area (Å²) in [5.41, 5.74) is 2.53. The second kappa shape index (κ2) is 10.1. The van der Waals surface area contributed by atoms with Crippen molar-refractivity contribution in [1.82, 2.24) is 5.32 Å². The lowest BCUT2D eigenvalue weighted by Crippen LogP contribution is -2.67. The van der Waals surface area contributed by atoms with Crippen LogP contribution < -0.4 is 5.32 Å². The number of nitrogens with one attached hydrogen (secondary N) is 1. The molecule has 0 saturated heterocycles. The molecule has 0 aliphatic heterocycles. The zero-order valence-corrected chi connectivity index (χ0v) is 26.8. The Hall–Kier alpha value is -1.36. The summed E-state index contributed by atoms with van der Waals surface area (Å²) in [7, 11) is 0. The topological polar surface area (TPSA) is 64.6 Å². The fourth-order valence-electron chi connectivity index (χ4n) is 12.4. The van der Waals surface area contributed by atoms with Crippen molar-refractivity contribution in [2.24, 2.45) is 56.7 Å². The number of allylic oxidation sites excluding steroid dienone is 1. The highest BCUT2D eigenvalue weighted by Gasteiger charge is 2.71. The van der Waals surface area contributed by atoms with Crippen LogP contribution in [0.15, 0.2) is 12.2 Å². The quantitative estimate of drug-likeness (QED) is 0.207. The van der Waals surface area contributed by atoms with Gasteiger partial charge >= 0.3 is 11.9 Å². The van der Waals surface area contributed by atoms with Gasteiger partial charge in [0, 0.05) is 25.3 Å². The first-order valence-electron chi connectivity index (χ1n) is 16.3. The lowest BCUT2D eigenvalue weighted by atomic mass is 9.32. The number of hydrogen-bond acceptors (Lipinski definition) is 5. The van der Waals surface area contributed by atoms with Gasteiger partial charge in [0.2, 0.25) is 0 Å². The van der Waals surface area contributed by atoms with E-state index >= 15 is 0 Å². The van der Waals surface area contributed by atoms with E-state index < -0.39 is 0 Å². The van der Waals surface area contributed by atoms with Gasteiger partial charge in [0.05, 0.1) is 6.61 Å². The molecule has 5 rings (SSSR count). The zero-order valence-electron chi connectivity index (χ0n) is 26.8. The number of esters is 2. The molecule has 0 unspecified atom stereocenters. The summed E-state index contributed by atoms with van der Waals surface area (Å²) in [6.07, 6.45) is 12.4. The Morgan fingerprint density at radius 2 is 1.48 bits per heavy atom. The van der Waals surface area contributed by atoms with E-state index in [0.717, 1.165) is 12.3 Å². The minimum atomic E-state index is -0.218. The predicted molar refractivity (Wildman–Crippen MR) is 159 cm³/mol. The molecule has 5 saturated carbocycles. The van der Waals surface area contributed by atoms with Crippen LogP contribution in [-0.4, -0.2) is 31.3 Å². The Morgan fingerprint density at radius 3 is 2.12 bits per heavy atom. The molecule has 0 aromatic heterocycles. The molecule has 5 nitrogen and oxygen atoms in total. The van der Waals surface area contributed by atoms with E-state index in [1.165, 1.54) is 70.3 Å². The second-order valence-electron chi connectivity index (χ2n) is 16.2. The fourth-order valence-corrected chi connectivity index (χ4v) is 12.4. The summed E-state index contributed by atoms with van der Waals surface area (Å²) in [6.45, 7) is 23.6. The lowest BCUT2D eigenvalue weighted by Gasteiger charge is -2.73. The molecule has 40 heavy (non-hydrogen) atoms. The van der Waals surface area contributed by atoms with Crippen molar-refractivity contribution in [3.63, 3.8) is 0 Å². The maximum absolute atomic E-state index is 11.9. The first-order chi connectivity index (χ1) is 18.6. The highest BCUT2D eigenvalue weighted by atomic mass is 16.5. The molecule has 10 atom stereocenters. The highest BCUT2D eigenvalue weighted by molar-refractivity contribution is 5.66. The van der Waals surface area contributed by atoms with Crippen LogP contribution >= 0.6 is 0 Å². The van der Waals surface area contributed by atoms with E-state index in [-0.39, 0.29) is 22.8 Å². The maximum Gasteiger partial charge on any atom is 0.303 e. The monoisotopic (exact) mass is 555 g/mol. The third-order valence-corrected chi connectivity index (χ3v) is 14.4. The van der Waals surface area contributed by atoms with Crippen LogP contribution in [0.2, 0.25) is 0 Å². The van der Waals surface area contributed by atoms with Crippen molar-refractivity contribution in [1.29, 1.82) is 0 Å². The van der Waals surface area contributed by atoms with Gasteiger partial charge in [0.25, 0.3) is 0 Å². The number of rotatable bonds is 6. The van der Waals surface area contributed by atoms with Crippen molar-refractivity contribution >= 4 is 11.9 Å². The van der Waals surface area contributed by atoms with Gasteiger partial charge in [-0.3, -0.25) is 14.9 Å². The standard InChI is InChI=1S/C35H57NO4/c1-22(2)25-12-17-35(20-39-23(3)37)19-18-33(8)26(30(25)35)10-11-28-32(7)15-14-29(36-21-40-24(4)38)31(5,6)27(32)13-16-34(28,33)9/h25-30,36H,1,10-21H2,2-9H3/t25-,26+,27-,28+,29-,30+,32-,33+,34+,35+/m0/s1. The predicted octanol–water partition coefficient (Wildman–Crippen LogP) is 7.69. The summed E-state index contributed by atoms with van der Waals surface area (Å²) in [5, 5.41) is 3.61. The van der Waals surface area contributed by atoms with Crippen molar-refractivity contribution < 1.29 is 19.1 Å². The summed E-state index contributed by atoms with van der Waals surface area (Å²) in [5.74, 6) is 2.81. The van der Waals surface area contributed by atoms with Crippen molar-refractivity contribution in [2.45, 2.75) is 126 Å². The van der Waals surface area contributed by atoms with Crippen LogP contribution in [0.3, 0.4) is 0 Å². The lowest BCUT2D eigenvalue weighted by molar-refractivity contribution is -0.242. The molecule has 226 valence electrons. The molecule has 0 heterocycles. The van der Waals surface area contributed by atoms with E-state index in [4.69, 9.17) is 9.47 Å². The number of hydrogen-bond donors (Lipinski definition) is 1. The Kier molecular flexibility index (Phi) is 7.62. The average Bonchev–Trinajstić information content (AvgIpc) is 3.25. The summed E-state index contributed by atoms with van der Waals surface area (Å²) in [6, 6.07) is 0.368. The second-order valence-corrected chi connectivity index (χ2v) is 16.2. The number of carbonyl (C=O) groups excluding carboxylic acids is 2. The van der Waals surface area contributed by atoms with Crippen LogP contribution in [0.4, 0.5) is 0 Å². The van der Waals surface area contributed by atoms with E-state index in [0.29, 0.717) is 59.3 Å². The van der Waals surface area contributed by atoms with Crippen molar-refractivity contribution in [3.05, 3.63) is 12.2 Å². The zero-order chi connectivity index (χ0) is 29.3. The van der Waals surface area contributed by atoms with Crippen LogP contribution in [0.25, 0.3) is 0 Å². The largest absolute Gasteiger partial charge is 0.465 e. The normalized spacial score (nSPS) is 47.2. The molecule has 0 spiro atoms. The van der Waals surface area contributed by atoms with Gasteiger partial charge in [-0.25, -0.2) is 0 Å². The molecule has 5 heteroatoms. The molecule has 1 N–H and O–H groups in total. The van der Waals surface area contributed by atoms with Gasteiger partial charge in [0.1, 0.15) is 6.73 Å². The third kappa shape index (κ3) is 4.33. The van der Waals surface area contributed by atoms with Crippen LogP contribution in [-0.2, 0) is 19.1 Å². The number of fused-ring (bicyclic) bond motifs is 7. The maximum atomic E-state index is 11.9. The van der Waals surface area contributed by atoms with Crippen molar-refractivity contribution in [3.8, 4) is 0 Å². The van der Waals surface area contributed by atoms with Gasteiger partial charge in [-0.1, -0.05) is 46.8 Å². The summed E-state index contributed by atoms with van der Waals surface area (Å²) in [4.78, 5) is 23.3. The fraction of sp³-hybridized carbons (Fsp3) is 0.886. The van der Waals surface area contributed by atoms with Gasteiger partial charge in [0.15, 0.2) is 0 Å². The smallest absolute Gasteiger partial charge is 0.303 e. The molecule has 0 amide bonds. The molecular formula is C35H57NO4. The molecule has 5 fully saturated rings. The van der Waals surface area contributed by atoms with Gasteiger partial charge in [-0.05, 0) is 122 Å². The molecule has 5 aliphatic carbocycles. The molecule has 5 aliphatic rings. The Balaban J connectivity index is 1.44. The van der Waals surface area contributed by atoms with E-state index in [9.17, 15) is 9.59 Å². The Labute approximate surface area is 244 Å². The van der Waals surface area contributed by atoms with Crippen LogP contribution in [0, 0.1) is 56.7 Å². The van der Waals surface area contributed by atoms with Crippen LogP contribution in [0.1, 0.15) is 120 Å². The summed E-state index contributed by atoms with van der Waals surface area (Å²) < 4.78 is 11.1.